The van der Waals surface area contributed by atoms with Crippen molar-refractivity contribution >= 4 is 5.69 Å². The highest BCUT2D eigenvalue weighted by Gasteiger charge is 2.08. The van der Waals surface area contributed by atoms with Gasteiger partial charge in [0.05, 0.1) is 25.4 Å². The van der Waals surface area contributed by atoms with Gasteiger partial charge in [-0.3, -0.25) is 4.68 Å². The maximum Gasteiger partial charge on any atom is 0.141 e. The van der Waals surface area contributed by atoms with Gasteiger partial charge in [0.2, 0.25) is 0 Å². The number of aliphatic hydroxyl groups is 1. The van der Waals surface area contributed by atoms with Crippen LogP contribution in [0.4, 0.5) is 5.69 Å². The summed E-state index contributed by atoms with van der Waals surface area (Å²) in [6.07, 6.45) is 3.02. The van der Waals surface area contributed by atoms with Crippen molar-refractivity contribution in [1.82, 2.24) is 9.78 Å². The number of hydrogen-bond acceptors (Lipinski definition) is 4. The van der Waals surface area contributed by atoms with E-state index < -0.39 is 6.10 Å². The Labute approximate surface area is 112 Å². The Morgan fingerprint density at radius 1 is 1.47 bits per heavy atom. The fourth-order valence-corrected chi connectivity index (χ4v) is 1.88. The van der Waals surface area contributed by atoms with Crippen LogP contribution < -0.4 is 10.1 Å². The van der Waals surface area contributed by atoms with E-state index >= 15 is 0 Å². The molecule has 2 aromatic rings. The molecule has 1 atom stereocenters. The normalized spacial score (nSPS) is 12.2. The van der Waals surface area contributed by atoms with Gasteiger partial charge in [-0.1, -0.05) is 6.07 Å². The highest BCUT2D eigenvalue weighted by molar-refractivity contribution is 5.58. The van der Waals surface area contributed by atoms with Crippen molar-refractivity contribution in [2.24, 2.45) is 0 Å². The largest absolute Gasteiger partial charge is 0.495 e. The van der Waals surface area contributed by atoms with Gasteiger partial charge in [0.25, 0.3) is 0 Å². The first kappa shape index (κ1) is 13.4. The summed E-state index contributed by atoms with van der Waals surface area (Å²) in [4.78, 5) is 0. The molecule has 0 aliphatic heterocycles. The minimum atomic E-state index is -0.509. The van der Waals surface area contributed by atoms with Crippen LogP contribution >= 0.6 is 0 Å². The molecule has 0 spiro atoms. The molecule has 1 heterocycles. The van der Waals surface area contributed by atoms with Crippen molar-refractivity contribution in [2.75, 3.05) is 19.0 Å². The molecule has 5 heteroatoms. The lowest BCUT2D eigenvalue weighted by molar-refractivity contribution is 0.161. The second-order valence-electron chi connectivity index (χ2n) is 4.47. The minimum Gasteiger partial charge on any atom is -0.495 e. The number of ether oxygens (including phenoxy) is 1. The minimum absolute atomic E-state index is 0.444. The molecule has 2 N–H and O–H groups in total. The predicted molar refractivity (Wildman–Crippen MR) is 74.5 cm³/mol. The van der Waals surface area contributed by atoms with E-state index in [1.54, 1.807) is 18.0 Å². The highest BCUT2D eigenvalue weighted by atomic mass is 16.5. The number of rotatable bonds is 6. The van der Waals surface area contributed by atoms with E-state index in [-0.39, 0.29) is 0 Å². The van der Waals surface area contributed by atoms with E-state index in [9.17, 15) is 5.11 Å². The van der Waals surface area contributed by atoms with Crippen molar-refractivity contribution in [3.05, 3.63) is 42.2 Å². The van der Waals surface area contributed by atoms with Gasteiger partial charge in [-0.25, -0.2) is 0 Å². The van der Waals surface area contributed by atoms with E-state index in [1.807, 2.05) is 37.4 Å². The Bertz CT molecular complexity index is 511. The summed E-state index contributed by atoms with van der Waals surface area (Å²) in [5, 5.41) is 17.2. The Morgan fingerprint density at radius 2 is 2.32 bits per heavy atom. The highest BCUT2D eigenvalue weighted by Crippen LogP contribution is 2.24. The fourth-order valence-electron chi connectivity index (χ4n) is 1.88. The lowest BCUT2D eigenvalue weighted by Gasteiger charge is -2.15. The Morgan fingerprint density at radius 3 is 3.00 bits per heavy atom. The van der Waals surface area contributed by atoms with Gasteiger partial charge in [0.1, 0.15) is 5.75 Å². The Kier molecular flexibility index (Phi) is 4.41. The molecule has 1 unspecified atom stereocenters. The number of benzene rings is 1. The average molecular weight is 261 g/mol. The monoisotopic (exact) mass is 261 g/mol. The molecule has 0 aliphatic rings. The van der Waals surface area contributed by atoms with E-state index in [1.165, 1.54) is 0 Å². The van der Waals surface area contributed by atoms with Crippen LogP contribution in [0.1, 0.15) is 5.56 Å². The summed E-state index contributed by atoms with van der Waals surface area (Å²) in [6, 6.07) is 7.74. The predicted octanol–water partition coefficient (Wildman–Crippen LogP) is 1.67. The van der Waals surface area contributed by atoms with Gasteiger partial charge in [-0.15, -0.1) is 0 Å². The van der Waals surface area contributed by atoms with E-state index in [0.717, 1.165) is 17.0 Å². The molecule has 0 amide bonds. The van der Waals surface area contributed by atoms with Crippen molar-refractivity contribution in [2.45, 2.75) is 19.6 Å². The SMILES string of the molecule is COc1ccc(C)cc1NCC(O)Cn1cccn1. The van der Waals surface area contributed by atoms with Crippen LogP contribution in [-0.4, -0.2) is 34.6 Å². The van der Waals surface area contributed by atoms with Crippen molar-refractivity contribution in [3.63, 3.8) is 0 Å². The average Bonchev–Trinajstić information content (AvgIpc) is 2.89. The molecular weight excluding hydrogens is 242 g/mol. The number of hydrogen-bond donors (Lipinski definition) is 2. The number of nitrogens with zero attached hydrogens (tertiary/aromatic N) is 2. The van der Waals surface area contributed by atoms with Gasteiger partial charge in [-0.05, 0) is 30.7 Å². The summed E-state index contributed by atoms with van der Waals surface area (Å²) in [6.45, 7) is 2.93. The molecule has 102 valence electrons. The molecule has 1 aromatic carbocycles. The van der Waals surface area contributed by atoms with Crippen molar-refractivity contribution in [3.8, 4) is 5.75 Å². The molecule has 2 rings (SSSR count). The van der Waals surface area contributed by atoms with Crippen molar-refractivity contribution in [1.29, 1.82) is 0 Å². The fraction of sp³-hybridized carbons (Fsp3) is 0.357. The molecule has 0 bridgehead atoms. The second kappa shape index (κ2) is 6.24. The Balaban J connectivity index is 1.92. The zero-order valence-electron chi connectivity index (χ0n) is 11.2. The molecule has 1 aromatic heterocycles. The lowest BCUT2D eigenvalue weighted by Crippen LogP contribution is -2.25. The number of aryl methyl sites for hydroxylation is 1. The van der Waals surface area contributed by atoms with Crippen LogP contribution in [0, 0.1) is 6.92 Å². The van der Waals surface area contributed by atoms with Crippen LogP contribution in [0.5, 0.6) is 5.75 Å². The first-order chi connectivity index (χ1) is 9.19. The lowest BCUT2D eigenvalue weighted by atomic mass is 10.2. The third kappa shape index (κ3) is 3.72. The molecule has 0 saturated heterocycles. The summed E-state index contributed by atoms with van der Waals surface area (Å²) in [5.74, 6) is 0.775. The molecule has 0 fully saturated rings. The van der Waals surface area contributed by atoms with E-state index in [4.69, 9.17) is 4.74 Å². The van der Waals surface area contributed by atoms with E-state index in [2.05, 4.69) is 10.4 Å². The zero-order valence-corrected chi connectivity index (χ0v) is 11.2. The van der Waals surface area contributed by atoms with Gasteiger partial charge < -0.3 is 15.2 Å². The topological polar surface area (TPSA) is 59.3 Å². The molecule has 0 saturated carbocycles. The third-order valence-corrected chi connectivity index (χ3v) is 2.84. The van der Waals surface area contributed by atoms with Crippen LogP contribution in [0.15, 0.2) is 36.7 Å². The van der Waals surface area contributed by atoms with Crippen LogP contribution in [-0.2, 0) is 6.54 Å². The van der Waals surface area contributed by atoms with Gasteiger partial charge in [0.15, 0.2) is 0 Å². The van der Waals surface area contributed by atoms with Gasteiger partial charge >= 0.3 is 0 Å². The molecule has 5 nitrogen and oxygen atoms in total. The second-order valence-corrected chi connectivity index (χ2v) is 4.47. The molecular formula is C14H19N3O2. The summed E-state index contributed by atoms with van der Waals surface area (Å²) >= 11 is 0. The maximum atomic E-state index is 9.95. The number of methoxy groups -OCH3 is 1. The maximum absolute atomic E-state index is 9.95. The summed E-state index contributed by atoms with van der Waals surface area (Å²) < 4.78 is 6.98. The van der Waals surface area contributed by atoms with Crippen LogP contribution in [0.25, 0.3) is 0 Å². The smallest absolute Gasteiger partial charge is 0.141 e. The number of aromatic nitrogens is 2. The molecule has 0 aliphatic carbocycles. The quantitative estimate of drug-likeness (QED) is 0.830. The Hall–Kier alpha value is -2.01. The van der Waals surface area contributed by atoms with Crippen LogP contribution in [0.3, 0.4) is 0 Å². The zero-order chi connectivity index (χ0) is 13.7. The summed E-state index contributed by atoms with van der Waals surface area (Å²) in [7, 11) is 1.63. The number of anilines is 1. The summed E-state index contributed by atoms with van der Waals surface area (Å²) in [5.41, 5.74) is 2.03. The number of nitrogens with one attached hydrogen (secondary N) is 1. The van der Waals surface area contributed by atoms with E-state index in [0.29, 0.717) is 13.1 Å². The van der Waals surface area contributed by atoms with Crippen LogP contribution in [0.2, 0.25) is 0 Å². The molecule has 19 heavy (non-hydrogen) atoms. The van der Waals surface area contributed by atoms with Gasteiger partial charge in [-0.2, -0.15) is 5.10 Å². The van der Waals surface area contributed by atoms with Crippen molar-refractivity contribution < 1.29 is 9.84 Å². The first-order valence-electron chi connectivity index (χ1n) is 6.23. The molecule has 0 radical (unpaired) electrons. The standard InChI is InChI=1S/C14H19N3O2/c1-11-4-5-14(19-2)13(8-11)15-9-12(18)10-17-7-3-6-16-17/h3-8,12,15,18H,9-10H2,1-2H3. The van der Waals surface area contributed by atoms with Gasteiger partial charge in [0, 0.05) is 18.9 Å². The first-order valence-corrected chi connectivity index (χ1v) is 6.23. The number of aliphatic hydroxyl groups excluding tert-OH is 1. The third-order valence-electron chi connectivity index (χ3n) is 2.84.